The van der Waals surface area contributed by atoms with Gasteiger partial charge in [-0.3, -0.25) is 4.79 Å². The van der Waals surface area contributed by atoms with Gasteiger partial charge in [-0.15, -0.1) is 0 Å². The van der Waals surface area contributed by atoms with Gasteiger partial charge in [0.15, 0.2) is 11.5 Å². The molecule has 4 heterocycles. The van der Waals surface area contributed by atoms with E-state index in [0.717, 1.165) is 73.6 Å². The Balaban J connectivity index is 1.17. The maximum atomic E-state index is 12.8. The number of piperidine rings is 1. The number of ether oxygens (including phenoxy) is 2. The minimum Gasteiger partial charge on any atom is -0.486 e. The van der Waals surface area contributed by atoms with Crippen LogP contribution in [0.15, 0.2) is 30.6 Å². The normalized spacial score (nSPS) is 19.2. The topological polar surface area (TPSA) is 79.8 Å². The van der Waals surface area contributed by atoms with Crippen molar-refractivity contribution in [3.05, 3.63) is 30.6 Å². The van der Waals surface area contributed by atoms with Gasteiger partial charge in [-0.25, -0.2) is 9.97 Å². The number of anilines is 3. The van der Waals surface area contributed by atoms with E-state index in [1.165, 1.54) is 0 Å². The standard InChI is InChI=1S/C22H27N5O3S/c28-22(25-17-1-2-18-19(13-17)30-10-9-29-18)16-3-5-26(6-4-16)20-14-21(24-15-23-20)27-7-11-31-12-8-27/h1-2,13-16H,3-12H2,(H,25,28). The molecule has 5 rings (SSSR count). The maximum absolute atomic E-state index is 12.8. The first-order chi connectivity index (χ1) is 15.3. The second-order valence-corrected chi connectivity index (χ2v) is 9.17. The molecule has 0 bridgehead atoms. The molecular weight excluding hydrogens is 414 g/mol. The van der Waals surface area contributed by atoms with E-state index in [2.05, 4.69) is 31.2 Å². The highest BCUT2D eigenvalue weighted by Gasteiger charge is 2.26. The predicted molar refractivity (Wildman–Crippen MR) is 123 cm³/mol. The molecule has 0 atom stereocenters. The van der Waals surface area contributed by atoms with Crippen molar-refractivity contribution in [3.8, 4) is 11.5 Å². The van der Waals surface area contributed by atoms with Crippen LogP contribution in [0.1, 0.15) is 12.8 Å². The summed E-state index contributed by atoms with van der Waals surface area (Å²) in [6.45, 7) is 4.77. The van der Waals surface area contributed by atoms with Crippen LogP contribution in [0.25, 0.3) is 0 Å². The van der Waals surface area contributed by atoms with E-state index in [1.54, 1.807) is 6.33 Å². The average molecular weight is 442 g/mol. The van der Waals surface area contributed by atoms with E-state index >= 15 is 0 Å². The van der Waals surface area contributed by atoms with Gasteiger partial charge in [0.1, 0.15) is 31.2 Å². The van der Waals surface area contributed by atoms with E-state index in [4.69, 9.17) is 9.47 Å². The molecule has 2 saturated heterocycles. The molecule has 164 valence electrons. The third-order valence-corrected chi connectivity index (χ3v) is 6.92. The quantitative estimate of drug-likeness (QED) is 0.776. The molecule has 0 aliphatic carbocycles. The van der Waals surface area contributed by atoms with E-state index in [-0.39, 0.29) is 11.8 Å². The fourth-order valence-electron chi connectivity index (χ4n) is 4.21. The second kappa shape index (κ2) is 9.21. The predicted octanol–water partition coefficient (Wildman–Crippen LogP) is 2.66. The van der Waals surface area contributed by atoms with Crippen LogP contribution in [0.4, 0.5) is 17.3 Å². The lowest BCUT2D eigenvalue weighted by Gasteiger charge is -2.33. The number of benzene rings is 1. The average Bonchev–Trinajstić information content (AvgIpc) is 2.85. The van der Waals surface area contributed by atoms with Crippen LogP contribution in [0.2, 0.25) is 0 Å². The number of thioether (sulfide) groups is 1. The molecule has 2 fully saturated rings. The van der Waals surface area contributed by atoms with Crippen LogP contribution in [0, 0.1) is 5.92 Å². The summed E-state index contributed by atoms with van der Waals surface area (Å²) in [4.78, 5) is 26.4. The SMILES string of the molecule is O=C(Nc1ccc2c(c1)OCCO2)C1CCN(c2cc(N3CCSCC3)ncn2)CC1. The van der Waals surface area contributed by atoms with E-state index in [1.807, 2.05) is 30.0 Å². The Morgan fingerprint density at radius 1 is 0.935 bits per heavy atom. The Bertz CT molecular complexity index is 929. The molecule has 1 amide bonds. The summed E-state index contributed by atoms with van der Waals surface area (Å²) in [5.74, 6) is 5.70. The van der Waals surface area contributed by atoms with Crippen LogP contribution < -0.4 is 24.6 Å². The summed E-state index contributed by atoms with van der Waals surface area (Å²) in [5.41, 5.74) is 0.747. The van der Waals surface area contributed by atoms with Crippen molar-refractivity contribution in [2.24, 2.45) is 5.92 Å². The molecule has 9 heteroatoms. The zero-order valence-electron chi connectivity index (χ0n) is 17.5. The van der Waals surface area contributed by atoms with Crippen molar-refractivity contribution < 1.29 is 14.3 Å². The van der Waals surface area contributed by atoms with Crippen LogP contribution >= 0.6 is 11.8 Å². The van der Waals surface area contributed by atoms with E-state index in [0.29, 0.717) is 19.0 Å². The number of fused-ring (bicyclic) bond motifs is 1. The number of carbonyl (C=O) groups is 1. The Morgan fingerprint density at radius 2 is 1.61 bits per heavy atom. The molecule has 1 N–H and O–H groups in total. The van der Waals surface area contributed by atoms with Crippen molar-refractivity contribution in [3.63, 3.8) is 0 Å². The molecule has 1 aromatic heterocycles. The summed E-state index contributed by atoms with van der Waals surface area (Å²) in [5, 5.41) is 3.04. The summed E-state index contributed by atoms with van der Waals surface area (Å²) in [6.07, 6.45) is 3.26. The van der Waals surface area contributed by atoms with Crippen LogP contribution in [0.3, 0.4) is 0 Å². The third kappa shape index (κ3) is 4.66. The van der Waals surface area contributed by atoms with Gasteiger partial charge >= 0.3 is 0 Å². The van der Waals surface area contributed by atoms with E-state index in [9.17, 15) is 4.79 Å². The van der Waals surface area contributed by atoms with Gasteiger partial charge in [0, 0.05) is 61.4 Å². The van der Waals surface area contributed by atoms with Crippen molar-refractivity contribution in [1.82, 2.24) is 9.97 Å². The monoisotopic (exact) mass is 441 g/mol. The Labute approximate surface area is 186 Å². The lowest BCUT2D eigenvalue weighted by molar-refractivity contribution is -0.120. The molecule has 3 aliphatic rings. The van der Waals surface area contributed by atoms with Gasteiger partial charge < -0.3 is 24.6 Å². The Morgan fingerprint density at radius 3 is 2.35 bits per heavy atom. The van der Waals surface area contributed by atoms with Crippen LogP contribution in [-0.4, -0.2) is 66.8 Å². The zero-order chi connectivity index (χ0) is 21.0. The fourth-order valence-corrected chi connectivity index (χ4v) is 5.11. The molecule has 0 unspecified atom stereocenters. The first kappa shape index (κ1) is 20.2. The summed E-state index contributed by atoms with van der Waals surface area (Å²) in [6, 6.07) is 7.64. The summed E-state index contributed by atoms with van der Waals surface area (Å²) < 4.78 is 11.2. The number of nitrogens with one attached hydrogen (secondary N) is 1. The minimum absolute atomic E-state index is 0.00937. The van der Waals surface area contributed by atoms with Gasteiger partial charge in [0.2, 0.25) is 5.91 Å². The van der Waals surface area contributed by atoms with E-state index < -0.39 is 0 Å². The highest BCUT2D eigenvalue weighted by molar-refractivity contribution is 7.99. The van der Waals surface area contributed by atoms with Gasteiger partial charge in [0.25, 0.3) is 0 Å². The first-order valence-corrected chi connectivity index (χ1v) is 12.0. The largest absolute Gasteiger partial charge is 0.486 e. The van der Waals surface area contributed by atoms with Crippen molar-refractivity contribution >= 4 is 35.0 Å². The molecule has 0 saturated carbocycles. The lowest BCUT2D eigenvalue weighted by atomic mass is 9.95. The lowest BCUT2D eigenvalue weighted by Crippen LogP contribution is -2.39. The number of hydrogen-bond acceptors (Lipinski definition) is 8. The molecule has 0 radical (unpaired) electrons. The number of nitrogens with zero attached hydrogens (tertiary/aromatic N) is 4. The Kier molecular flexibility index (Phi) is 6.01. The zero-order valence-corrected chi connectivity index (χ0v) is 18.3. The van der Waals surface area contributed by atoms with Gasteiger partial charge in [-0.1, -0.05) is 0 Å². The number of rotatable bonds is 4. The highest BCUT2D eigenvalue weighted by atomic mass is 32.2. The second-order valence-electron chi connectivity index (χ2n) is 7.94. The molecule has 3 aliphatic heterocycles. The number of amides is 1. The first-order valence-electron chi connectivity index (χ1n) is 10.9. The molecule has 1 aromatic carbocycles. The van der Waals surface area contributed by atoms with Crippen molar-refractivity contribution in [2.75, 3.05) is 66.0 Å². The minimum atomic E-state index is -0.00937. The maximum Gasteiger partial charge on any atom is 0.227 e. The van der Waals surface area contributed by atoms with Gasteiger partial charge in [0.05, 0.1) is 0 Å². The number of hydrogen-bond donors (Lipinski definition) is 1. The molecule has 0 spiro atoms. The smallest absolute Gasteiger partial charge is 0.227 e. The van der Waals surface area contributed by atoms with Crippen LogP contribution in [0.5, 0.6) is 11.5 Å². The highest BCUT2D eigenvalue weighted by Crippen LogP contribution is 2.33. The van der Waals surface area contributed by atoms with Gasteiger partial charge in [-0.2, -0.15) is 11.8 Å². The molecular formula is C22H27N5O3S. The van der Waals surface area contributed by atoms with Gasteiger partial charge in [-0.05, 0) is 25.0 Å². The number of carbonyl (C=O) groups excluding carboxylic acids is 1. The molecule has 31 heavy (non-hydrogen) atoms. The van der Waals surface area contributed by atoms with Crippen molar-refractivity contribution in [2.45, 2.75) is 12.8 Å². The number of aromatic nitrogens is 2. The summed E-state index contributed by atoms with van der Waals surface area (Å²) >= 11 is 1.99. The summed E-state index contributed by atoms with van der Waals surface area (Å²) in [7, 11) is 0. The Hall–Kier alpha value is -2.68. The van der Waals surface area contributed by atoms with Crippen LogP contribution in [-0.2, 0) is 4.79 Å². The van der Waals surface area contributed by atoms with Crippen molar-refractivity contribution in [1.29, 1.82) is 0 Å². The molecule has 2 aromatic rings. The fraction of sp³-hybridized carbons (Fsp3) is 0.500. The third-order valence-electron chi connectivity index (χ3n) is 5.97. The molecule has 8 nitrogen and oxygen atoms in total.